The Morgan fingerprint density at radius 3 is 2.64 bits per heavy atom. The van der Waals surface area contributed by atoms with Crippen LogP contribution in [0.3, 0.4) is 0 Å². The quantitative estimate of drug-likeness (QED) is 0.749. The van der Waals surface area contributed by atoms with Gasteiger partial charge in [-0.15, -0.1) is 11.3 Å². The molecule has 0 saturated heterocycles. The highest BCUT2D eigenvalue weighted by Gasteiger charge is 2.25. The SMILES string of the molecule is CCc1cc2c(=O)n(C(CC)C(=O)O)c(-c3ccccc3C)nc2s1. The van der Waals surface area contributed by atoms with Crippen molar-refractivity contribution in [1.82, 2.24) is 9.55 Å². The molecule has 0 saturated carbocycles. The van der Waals surface area contributed by atoms with Crippen molar-refractivity contribution >= 4 is 27.5 Å². The zero-order valence-electron chi connectivity index (χ0n) is 14.4. The molecular weight excluding hydrogens is 336 g/mol. The second kappa shape index (κ2) is 6.80. The molecule has 1 N–H and O–H groups in total. The van der Waals surface area contributed by atoms with Gasteiger partial charge in [-0.1, -0.05) is 38.1 Å². The second-order valence-electron chi connectivity index (χ2n) is 5.97. The van der Waals surface area contributed by atoms with E-state index >= 15 is 0 Å². The number of carboxylic acids is 1. The van der Waals surface area contributed by atoms with E-state index in [9.17, 15) is 14.7 Å². The van der Waals surface area contributed by atoms with E-state index in [1.54, 1.807) is 6.92 Å². The molecule has 0 aliphatic heterocycles. The molecule has 1 atom stereocenters. The van der Waals surface area contributed by atoms with Crippen molar-refractivity contribution in [2.24, 2.45) is 0 Å². The summed E-state index contributed by atoms with van der Waals surface area (Å²) in [5.41, 5.74) is 1.45. The third-order valence-corrected chi connectivity index (χ3v) is 5.54. The second-order valence-corrected chi connectivity index (χ2v) is 7.09. The van der Waals surface area contributed by atoms with Crippen molar-refractivity contribution < 1.29 is 9.90 Å². The van der Waals surface area contributed by atoms with E-state index in [1.807, 2.05) is 44.2 Å². The van der Waals surface area contributed by atoms with Gasteiger partial charge in [0.2, 0.25) is 0 Å². The van der Waals surface area contributed by atoms with Gasteiger partial charge in [-0.25, -0.2) is 9.78 Å². The Morgan fingerprint density at radius 2 is 2.04 bits per heavy atom. The van der Waals surface area contributed by atoms with Crippen LogP contribution in [-0.4, -0.2) is 20.6 Å². The monoisotopic (exact) mass is 356 g/mol. The van der Waals surface area contributed by atoms with Crippen LogP contribution in [0.4, 0.5) is 0 Å². The highest BCUT2D eigenvalue weighted by atomic mass is 32.1. The zero-order chi connectivity index (χ0) is 18.1. The molecule has 3 aromatic rings. The molecule has 0 spiro atoms. The molecule has 0 fully saturated rings. The molecule has 3 rings (SSSR count). The first-order chi connectivity index (χ1) is 12.0. The lowest BCUT2D eigenvalue weighted by Gasteiger charge is -2.19. The van der Waals surface area contributed by atoms with Crippen LogP contribution < -0.4 is 5.56 Å². The van der Waals surface area contributed by atoms with Crippen molar-refractivity contribution in [3.05, 3.63) is 51.1 Å². The summed E-state index contributed by atoms with van der Waals surface area (Å²) in [5.74, 6) is -0.596. The van der Waals surface area contributed by atoms with Crippen molar-refractivity contribution in [2.75, 3.05) is 0 Å². The molecule has 0 bridgehead atoms. The number of aliphatic carboxylic acids is 1. The van der Waals surface area contributed by atoms with Gasteiger partial charge in [-0.3, -0.25) is 9.36 Å². The third kappa shape index (κ3) is 2.98. The van der Waals surface area contributed by atoms with Gasteiger partial charge in [-0.2, -0.15) is 0 Å². The van der Waals surface area contributed by atoms with Crippen LogP contribution in [0.15, 0.2) is 35.1 Å². The van der Waals surface area contributed by atoms with Crippen molar-refractivity contribution in [2.45, 2.75) is 39.7 Å². The molecule has 1 unspecified atom stereocenters. The molecule has 2 heterocycles. The van der Waals surface area contributed by atoms with E-state index in [2.05, 4.69) is 0 Å². The van der Waals surface area contributed by atoms with Crippen molar-refractivity contribution in [1.29, 1.82) is 0 Å². The minimum absolute atomic E-state index is 0.284. The molecule has 6 heteroatoms. The van der Waals surface area contributed by atoms with Gasteiger partial charge < -0.3 is 5.11 Å². The molecule has 1 aromatic carbocycles. The average Bonchev–Trinajstić information content (AvgIpc) is 3.01. The minimum atomic E-state index is -1.02. The van der Waals surface area contributed by atoms with Crippen LogP contribution in [0.5, 0.6) is 0 Å². The van der Waals surface area contributed by atoms with Crippen molar-refractivity contribution in [3.63, 3.8) is 0 Å². The Balaban J connectivity index is 2.42. The molecule has 0 radical (unpaired) electrons. The molecule has 2 aromatic heterocycles. The first-order valence-electron chi connectivity index (χ1n) is 8.31. The lowest BCUT2D eigenvalue weighted by atomic mass is 10.1. The number of hydrogen-bond donors (Lipinski definition) is 1. The molecule has 0 aliphatic carbocycles. The minimum Gasteiger partial charge on any atom is -0.480 e. The number of aryl methyl sites for hydroxylation is 2. The number of benzene rings is 1. The molecular formula is C19H20N2O3S. The van der Waals surface area contributed by atoms with Gasteiger partial charge in [-0.05, 0) is 31.4 Å². The van der Waals surface area contributed by atoms with Gasteiger partial charge in [0.15, 0.2) is 0 Å². The Morgan fingerprint density at radius 1 is 1.32 bits per heavy atom. The number of hydrogen-bond acceptors (Lipinski definition) is 4. The maximum absolute atomic E-state index is 13.1. The fourth-order valence-corrected chi connectivity index (χ4v) is 3.95. The lowest BCUT2D eigenvalue weighted by Crippen LogP contribution is -2.31. The summed E-state index contributed by atoms with van der Waals surface area (Å²) in [6.45, 7) is 5.73. The first-order valence-corrected chi connectivity index (χ1v) is 9.13. The van der Waals surface area contributed by atoms with E-state index < -0.39 is 12.0 Å². The molecule has 25 heavy (non-hydrogen) atoms. The average molecular weight is 356 g/mol. The number of fused-ring (bicyclic) bond motifs is 1. The van der Waals surface area contributed by atoms with Gasteiger partial charge in [0.1, 0.15) is 16.7 Å². The maximum atomic E-state index is 13.1. The highest BCUT2D eigenvalue weighted by molar-refractivity contribution is 7.18. The summed E-state index contributed by atoms with van der Waals surface area (Å²) in [6, 6.07) is 8.49. The van der Waals surface area contributed by atoms with Crippen molar-refractivity contribution in [3.8, 4) is 11.4 Å². The summed E-state index contributed by atoms with van der Waals surface area (Å²) in [6.07, 6.45) is 1.13. The smallest absolute Gasteiger partial charge is 0.326 e. The summed E-state index contributed by atoms with van der Waals surface area (Å²) in [7, 11) is 0. The maximum Gasteiger partial charge on any atom is 0.326 e. The Kier molecular flexibility index (Phi) is 4.72. The number of nitrogens with zero attached hydrogens (tertiary/aromatic N) is 2. The summed E-state index contributed by atoms with van der Waals surface area (Å²) >= 11 is 1.49. The van der Waals surface area contributed by atoms with Crippen LogP contribution in [0.1, 0.15) is 36.8 Å². The highest BCUT2D eigenvalue weighted by Crippen LogP contribution is 2.29. The zero-order valence-corrected chi connectivity index (χ0v) is 15.3. The van der Waals surface area contributed by atoms with Gasteiger partial charge in [0, 0.05) is 10.4 Å². The number of aromatic nitrogens is 2. The Hall–Kier alpha value is -2.47. The van der Waals surface area contributed by atoms with Gasteiger partial charge in [0.25, 0.3) is 5.56 Å². The fourth-order valence-electron chi connectivity index (χ4n) is 2.99. The predicted molar refractivity (Wildman–Crippen MR) is 100 cm³/mol. The standard InChI is InChI=1S/C19H20N2O3S/c1-4-12-10-14-17(25-12)20-16(13-9-7-6-8-11(13)3)21(18(14)22)15(5-2)19(23)24/h6-10,15H,4-5H2,1-3H3,(H,23,24). The molecule has 0 aliphatic rings. The van der Waals surface area contributed by atoms with Crippen LogP contribution >= 0.6 is 11.3 Å². The van der Waals surface area contributed by atoms with E-state index in [0.717, 1.165) is 22.4 Å². The van der Waals surface area contributed by atoms with E-state index in [0.29, 0.717) is 22.5 Å². The summed E-state index contributed by atoms with van der Waals surface area (Å²) in [4.78, 5) is 31.3. The van der Waals surface area contributed by atoms with Crippen LogP contribution in [0.25, 0.3) is 21.6 Å². The molecule has 130 valence electrons. The Bertz CT molecular complexity index is 1000. The largest absolute Gasteiger partial charge is 0.480 e. The number of carbonyl (C=O) groups is 1. The number of rotatable bonds is 5. The predicted octanol–water partition coefficient (Wildman–Crippen LogP) is 4.03. The lowest BCUT2D eigenvalue weighted by molar-refractivity contribution is -0.141. The van der Waals surface area contributed by atoms with Crippen LogP contribution in [-0.2, 0) is 11.2 Å². The van der Waals surface area contributed by atoms with Crippen LogP contribution in [0.2, 0.25) is 0 Å². The number of thiophene rings is 1. The molecule has 0 amide bonds. The van der Waals surface area contributed by atoms with E-state index in [4.69, 9.17) is 4.98 Å². The van der Waals surface area contributed by atoms with E-state index in [1.165, 1.54) is 15.9 Å². The van der Waals surface area contributed by atoms with Crippen LogP contribution in [0, 0.1) is 6.92 Å². The number of carboxylic acid groups (broad SMARTS) is 1. The third-order valence-electron chi connectivity index (χ3n) is 4.37. The first kappa shape index (κ1) is 17.4. The summed E-state index contributed by atoms with van der Waals surface area (Å²) in [5, 5.41) is 10.1. The topological polar surface area (TPSA) is 72.2 Å². The summed E-state index contributed by atoms with van der Waals surface area (Å²) < 4.78 is 1.35. The van der Waals surface area contributed by atoms with Gasteiger partial charge in [0.05, 0.1) is 5.39 Å². The van der Waals surface area contributed by atoms with E-state index in [-0.39, 0.29) is 5.56 Å². The fraction of sp³-hybridized carbons (Fsp3) is 0.316. The molecule has 5 nitrogen and oxygen atoms in total. The Labute approximate surface area is 149 Å². The van der Waals surface area contributed by atoms with Gasteiger partial charge >= 0.3 is 5.97 Å². The normalized spacial score (nSPS) is 12.4.